The number of aryl methyl sites for hydroxylation is 1. The lowest BCUT2D eigenvalue weighted by atomic mass is 9.53. The number of hydrogen-bond acceptors (Lipinski definition) is 3. The van der Waals surface area contributed by atoms with E-state index in [1.807, 2.05) is 6.92 Å². The highest BCUT2D eigenvalue weighted by Crippen LogP contribution is 2.54. The molecule has 2 fully saturated rings. The molecule has 0 radical (unpaired) electrons. The van der Waals surface area contributed by atoms with Crippen LogP contribution in [-0.2, 0) is 6.42 Å². The zero-order valence-electron chi connectivity index (χ0n) is 14.1. The highest BCUT2D eigenvalue weighted by atomic mass is 16.5. The summed E-state index contributed by atoms with van der Waals surface area (Å²) in [5.74, 6) is 1.93. The molecule has 1 aromatic carbocycles. The number of carbonyl (C=O) groups excluding carboxylic acids is 1. The van der Waals surface area contributed by atoms with Crippen molar-refractivity contribution in [2.75, 3.05) is 0 Å². The number of rotatable bonds is 4. The van der Waals surface area contributed by atoms with Gasteiger partial charge in [0.15, 0.2) is 0 Å². The minimum atomic E-state index is -0.128. The molecule has 4 atom stereocenters. The van der Waals surface area contributed by atoms with E-state index in [2.05, 4.69) is 40.8 Å². The van der Waals surface area contributed by atoms with Gasteiger partial charge in [0.05, 0.1) is 5.69 Å². The fraction of sp³-hybridized carbons (Fsp3) is 0.500. The summed E-state index contributed by atoms with van der Waals surface area (Å²) in [6, 6.07) is 12.6. The van der Waals surface area contributed by atoms with Gasteiger partial charge < -0.3 is 9.84 Å². The fourth-order valence-electron chi connectivity index (χ4n) is 4.60. The summed E-state index contributed by atoms with van der Waals surface area (Å²) in [5.41, 5.74) is 2.17. The van der Waals surface area contributed by atoms with Crippen LogP contribution < -0.4 is 5.32 Å². The molecule has 0 aliphatic heterocycles. The topological polar surface area (TPSA) is 55.1 Å². The predicted molar refractivity (Wildman–Crippen MR) is 91.8 cm³/mol. The molecule has 1 amide bonds. The Bertz CT molecular complexity index is 709. The molecule has 2 aromatic rings. The second kappa shape index (κ2) is 6.42. The molecule has 4 heteroatoms. The van der Waals surface area contributed by atoms with E-state index < -0.39 is 0 Å². The third kappa shape index (κ3) is 2.64. The van der Waals surface area contributed by atoms with Gasteiger partial charge in [0.1, 0.15) is 0 Å². The van der Waals surface area contributed by atoms with Gasteiger partial charge in [-0.3, -0.25) is 4.79 Å². The number of hydrogen-bond donors (Lipinski definition) is 1. The summed E-state index contributed by atoms with van der Waals surface area (Å²) >= 11 is 0. The van der Waals surface area contributed by atoms with Crippen LogP contribution in [0, 0.1) is 11.8 Å². The predicted octanol–water partition coefficient (Wildman–Crippen LogP) is 3.94. The molecule has 0 saturated heterocycles. The van der Waals surface area contributed by atoms with E-state index >= 15 is 0 Å². The first-order valence-corrected chi connectivity index (χ1v) is 9.09. The van der Waals surface area contributed by atoms with E-state index in [1.54, 1.807) is 6.07 Å². The Morgan fingerprint density at radius 2 is 1.96 bits per heavy atom. The summed E-state index contributed by atoms with van der Waals surface area (Å²) in [4.78, 5) is 12.6. The Balaban J connectivity index is 1.54. The van der Waals surface area contributed by atoms with Crippen molar-refractivity contribution in [3.8, 4) is 0 Å². The molecular weight excluding hydrogens is 300 g/mol. The minimum absolute atomic E-state index is 0.128. The summed E-state index contributed by atoms with van der Waals surface area (Å²) < 4.78 is 5.20. The third-order valence-electron chi connectivity index (χ3n) is 5.81. The first kappa shape index (κ1) is 15.4. The van der Waals surface area contributed by atoms with Crippen LogP contribution in [-0.4, -0.2) is 17.1 Å². The highest BCUT2D eigenvalue weighted by molar-refractivity contribution is 5.91. The largest absolute Gasteiger partial charge is 0.351 e. The van der Waals surface area contributed by atoms with Crippen molar-refractivity contribution in [3.63, 3.8) is 0 Å². The molecule has 2 saturated carbocycles. The number of benzene rings is 1. The molecule has 1 N–H and O–H groups in total. The first-order valence-electron chi connectivity index (χ1n) is 9.09. The maximum atomic E-state index is 12.6. The van der Waals surface area contributed by atoms with Crippen molar-refractivity contribution in [3.05, 3.63) is 53.4 Å². The van der Waals surface area contributed by atoms with Crippen molar-refractivity contribution in [2.45, 2.75) is 51.0 Å². The fourth-order valence-corrected chi connectivity index (χ4v) is 4.60. The van der Waals surface area contributed by atoms with Crippen LogP contribution in [0.1, 0.15) is 60.3 Å². The SMILES string of the molecule is CCc1cc(C(=O)N[C@H]2[C@H]3CCCC[C@@H]3[C@@H]2c2ccccc2)on1. The second-order valence-electron chi connectivity index (χ2n) is 7.08. The number of carbonyl (C=O) groups is 1. The molecule has 0 spiro atoms. The number of nitrogens with zero attached hydrogens (tertiary/aromatic N) is 1. The van der Waals surface area contributed by atoms with E-state index in [0.29, 0.717) is 23.5 Å². The standard InChI is InChI=1S/C20H24N2O2/c1-2-14-12-17(24-22-14)20(23)21-19-16-11-7-6-10-15(16)18(19)13-8-4-3-5-9-13/h3-5,8-9,12,15-16,18-19H,2,6-7,10-11H2,1H3,(H,21,23)/t15-,16-,18-,19-/m0/s1. The molecule has 0 bridgehead atoms. The molecule has 126 valence electrons. The van der Waals surface area contributed by atoms with Gasteiger partial charge in [-0.25, -0.2) is 0 Å². The normalized spacial score (nSPS) is 28.7. The van der Waals surface area contributed by atoms with E-state index in [1.165, 1.54) is 31.2 Å². The van der Waals surface area contributed by atoms with E-state index in [0.717, 1.165) is 12.1 Å². The van der Waals surface area contributed by atoms with Gasteiger partial charge in [-0.05, 0) is 36.7 Å². The Hall–Kier alpha value is -2.10. The van der Waals surface area contributed by atoms with Crippen molar-refractivity contribution in [1.29, 1.82) is 0 Å². The van der Waals surface area contributed by atoms with Crippen LogP contribution in [0.2, 0.25) is 0 Å². The summed E-state index contributed by atoms with van der Waals surface area (Å²) in [6.07, 6.45) is 5.86. The minimum Gasteiger partial charge on any atom is -0.351 e. The lowest BCUT2D eigenvalue weighted by Crippen LogP contribution is -2.59. The average Bonchev–Trinajstić information content (AvgIpc) is 3.10. The number of aromatic nitrogens is 1. The summed E-state index contributed by atoms with van der Waals surface area (Å²) in [6.45, 7) is 2.00. The highest BCUT2D eigenvalue weighted by Gasteiger charge is 2.51. The lowest BCUT2D eigenvalue weighted by molar-refractivity contribution is 0.0241. The van der Waals surface area contributed by atoms with Gasteiger partial charge in [0.2, 0.25) is 5.76 Å². The Morgan fingerprint density at radius 3 is 2.67 bits per heavy atom. The summed E-state index contributed by atoms with van der Waals surface area (Å²) in [7, 11) is 0. The Morgan fingerprint density at radius 1 is 1.21 bits per heavy atom. The molecule has 4 nitrogen and oxygen atoms in total. The van der Waals surface area contributed by atoms with Gasteiger partial charge in [-0.2, -0.15) is 0 Å². The van der Waals surface area contributed by atoms with Crippen molar-refractivity contribution < 1.29 is 9.32 Å². The lowest BCUT2D eigenvalue weighted by Gasteiger charge is -2.55. The van der Waals surface area contributed by atoms with Gasteiger partial charge >= 0.3 is 0 Å². The van der Waals surface area contributed by atoms with E-state index in [-0.39, 0.29) is 11.9 Å². The van der Waals surface area contributed by atoms with Gasteiger partial charge in [0.25, 0.3) is 5.91 Å². The van der Waals surface area contributed by atoms with Gasteiger partial charge in [0, 0.05) is 18.0 Å². The molecule has 1 aromatic heterocycles. The second-order valence-corrected chi connectivity index (χ2v) is 7.08. The maximum Gasteiger partial charge on any atom is 0.290 e. The van der Waals surface area contributed by atoms with Crippen LogP contribution in [0.25, 0.3) is 0 Å². The van der Waals surface area contributed by atoms with Gasteiger partial charge in [-0.15, -0.1) is 0 Å². The number of fused-ring (bicyclic) bond motifs is 1. The zero-order valence-corrected chi connectivity index (χ0v) is 14.1. The van der Waals surface area contributed by atoms with E-state index in [4.69, 9.17) is 4.52 Å². The van der Waals surface area contributed by atoms with E-state index in [9.17, 15) is 4.79 Å². The van der Waals surface area contributed by atoms with Gasteiger partial charge in [-0.1, -0.05) is 55.3 Å². The number of amides is 1. The average molecular weight is 324 g/mol. The molecule has 0 unspecified atom stereocenters. The molecular formula is C20H24N2O2. The summed E-state index contributed by atoms with van der Waals surface area (Å²) in [5, 5.41) is 7.17. The quantitative estimate of drug-likeness (QED) is 0.927. The first-order chi connectivity index (χ1) is 11.8. The third-order valence-corrected chi connectivity index (χ3v) is 5.81. The monoisotopic (exact) mass is 324 g/mol. The molecule has 24 heavy (non-hydrogen) atoms. The van der Waals surface area contributed by atoms with Crippen molar-refractivity contribution in [1.82, 2.24) is 10.5 Å². The van der Waals surface area contributed by atoms with Crippen molar-refractivity contribution in [2.24, 2.45) is 11.8 Å². The Labute approximate surface area is 142 Å². The molecule has 1 heterocycles. The molecule has 2 aliphatic carbocycles. The van der Waals surface area contributed by atoms with Crippen LogP contribution in [0.5, 0.6) is 0 Å². The smallest absolute Gasteiger partial charge is 0.290 e. The number of nitrogens with one attached hydrogen (secondary N) is 1. The van der Waals surface area contributed by atoms with Crippen LogP contribution in [0.15, 0.2) is 40.9 Å². The van der Waals surface area contributed by atoms with Crippen LogP contribution in [0.4, 0.5) is 0 Å². The molecule has 4 rings (SSSR count). The Kier molecular flexibility index (Phi) is 4.13. The van der Waals surface area contributed by atoms with Crippen molar-refractivity contribution >= 4 is 5.91 Å². The van der Waals surface area contributed by atoms with Crippen LogP contribution >= 0.6 is 0 Å². The maximum absolute atomic E-state index is 12.6. The zero-order chi connectivity index (χ0) is 16.5. The van der Waals surface area contributed by atoms with Crippen LogP contribution in [0.3, 0.4) is 0 Å². The molecule has 2 aliphatic rings.